The molecule has 0 radical (unpaired) electrons. The molecule has 3 nitrogen and oxygen atoms in total. The summed E-state index contributed by atoms with van der Waals surface area (Å²) in [4.78, 5) is 11.9. The van der Waals surface area contributed by atoms with E-state index < -0.39 is 11.7 Å². The fraction of sp³-hybridized carbons (Fsp3) is 0.417. The minimum absolute atomic E-state index is 0.00868. The van der Waals surface area contributed by atoms with Gasteiger partial charge in [-0.3, -0.25) is 4.79 Å². The summed E-state index contributed by atoms with van der Waals surface area (Å²) in [5.41, 5.74) is -0.322. The van der Waals surface area contributed by atoms with Crippen molar-refractivity contribution >= 4 is 17.5 Å². The number of benzene rings is 1. The van der Waals surface area contributed by atoms with Crippen molar-refractivity contribution in [1.82, 2.24) is 10.6 Å². The predicted molar refractivity (Wildman–Crippen MR) is 64.8 cm³/mol. The first-order valence-electron chi connectivity index (χ1n) is 5.48. The summed E-state index contributed by atoms with van der Waals surface area (Å²) in [6.45, 7) is 3.49. The molecule has 1 fully saturated rings. The van der Waals surface area contributed by atoms with Crippen LogP contribution in [0.1, 0.15) is 23.7 Å². The molecule has 5 heteroatoms. The van der Waals surface area contributed by atoms with Gasteiger partial charge in [0, 0.05) is 11.6 Å². The van der Waals surface area contributed by atoms with E-state index in [1.807, 2.05) is 6.92 Å². The van der Waals surface area contributed by atoms with Crippen molar-refractivity contribution in [3.63, 3.8) is 0 Å². The molecule has 0 bridgehead atoms. The van der Waals surface area contributed by atoms with Crippen LogP contribution in [0.15, 0.2) is 18.2 Å². The first-order chi connectivity index (χ1) is 8.00. The van der Waals surface area contributed by atoms with E-state index in [9.17, 15) is 9.18 Å². The molecule has 0 spiro atoms. The van der Waals surface area contributed by atoms with Crippen molar-refractivity contribution in [3.8, 4) is 0 Å². The summed E-state index contributed by atoms with van der Waals surface area (Å²) in [5, 5.41) is 6.35. The van der Waals surface area contributed by atoms with Gasteiger partial charge in [-0.05, 0) is 38.1 Å². The van der Waals surface area contributed by atoms with Crippen molar-refractivity contribution in [2.45, 2.75) is 18.9 Å². The number of hydrogen-bond acceptors (Lipinski definition) is 2. The maximum Gasteiger partial charge on any atom is 0.254 e. The number of halogens is 2. The summed E-state index contributed by atoms with van der Waals surface area (Å²) in [6, 6.07) is 3.97. The highest BCUT2D eigenvalue weighted by atomic mass is 35.5. The molecule has 0 aromatic heterocycles. The molecule has 1 saturated heterocycles. The van der Waals surface area contributed by atoms with Crippen LogP contribution >= 0.6 is 11.6 Å². The molecule has 92 valence electrons. The van der Waals surface area contributed by atoms with Crippen LogP contribution in [-0.4, -0.2) is 24.5 Å². The number of rotatable bonds is 2. The number of nitrogens with one attached hydrogen (secondary N) is 2. The maximum atomic E-state index is 13.5. The average molecular weight is 257 g/mol. The van der Waals surface area contributed by atoms with Crippen LogP contribution in [0.4, 0.5) is 4.39 Å². The molecule has 1 aliphatic heterocycles. The van der Waals surface area contributed by atoms with Crippen molar-refractivity contribution in [2.75, 3.05) is 13.1 Å². The van der Waals surface area contributed by atoms with Crippen LogP contribution in [0.2, 0.25) is 5.02 Å². The largest absolute Gasteiger partial charge is 0.345 e. The average Bonchev–Trinajstić information content (AvgIpc) is 2.68. The second-order valence-electron chi connectivity index (χ2n) is 4.57. The normalized spacial score (nSPS) is 23.7. The molecule has 17 heavy (non-hydrogen) atoms. The van der Waals surface area contributed by atoms with Gasteiger partial charge in [-0.1, -0.05) is 11.6 Å². The molecule has 2 rings (SSSR count). The van der Waals surface area contributed by atoms with Gasteiger partial charge in [0.2, 0.25) is 0 Å². The number of carbonyl (C=O) groups is 1. The van der Waals surface area contributed by atoms with Gasteiger partial charge < -0.3 is 10.6 Å². The molecular weight excluding hydrogens is 243 g/mol. The summed E-state index contributed by atoms with van der Waals surface area (Å²) in [5.74, 6) is -0.974. The minimum atomic E-state index is -0.554. The fourth-order valence-corrected chi connectivity index (χ4v) is 2.11. The number of amides is 1. The molecule has 1 aliphatic rings. The standard InChI is InChI=1S/C12H14ClFN2O/c1-12(4-5-15-7-12)16-11(17)9-6-8(13)2-3-10(9)14/h2-3,6,15H,4-5,7H2,1H3,(H,16,17). The number of hydrogen-bond donors (Lipinski definition) is 2. The van der Waals surface area contributed by atoms with E-state index in [0.29, 0.717) is 11.6 Å². The first-order valence-corrected chi connectivity index (χ1v) is 5.86. The fourth-order valence-electron chi connectivity index (χ4n) is 1.94. The zero-order chi connectivity index (χ0) is 12.5. The van der Waals surface area contributed by atoms with Crippen molar-refractivity contribution in [2.24, 2.45) is 0 Å². The maximum absolute atomic E-state index is 13.5. The second kappa shape index (κ2) is 4.63. The molecule has 1 aromatic rings. The molecule has 0 saturated carbocycles. The van der Waals surface area contributed by atoms with Gasteiger partial charge in [0.05, 0.1) is 11.1 Å². The van der Waals surface area contributed by atoms with E-state index in [4.69, 9.17) is 11.6 Å². The van der Waals surface area contributed by atoms with E-state index in [2.05, 4.69) is 10.6 Å². The minimum Gasteiger partial charge on any atom is -0.345 e. The van der Waals surface area contributed by atoms with Gasteiger partial charge >= 0.3 is 0 Å². The Labute approximate surface area is 104 Å². The predicted octanol–water partition coefficient (Wildman–Crippen LogP) is 1.96. The summed E-state index contributed by atoms with van der Waals surface area (Å²) in [7, 11) is 0. The van der Waals surface area contributed by atoms with E-state index in [1.54, 1.807) is 0 Å². The molecule has 1 amide bonds. The Bertz CT molecular complexity index is 444. The summed E-state index contributed by atoms with van der Waals surface area (Å²) < 4.78 is 13.5. The highest BCUT2D eigenvalue weighted by Crippen LogP contribution is 2.18. The second-order valence-corrected chi connectivity index (χ2v) is 5.00. The van der Waals surface area contributed by atoms with E-state index >= 15 is 0 Å². The Morgan fingerprint density at radius 2 is 2.35 bits per heavy atom. The summed E-state index contributed by atoms with van der Waals surface area (Å²) in [6.07, 6.45) is 0.834. The third kappa shape index (κ3) is 2.76. The molecule has 0 aliphatic carbocycles. The smallest absolute Gasteiger partial charge is 0.254 e. The third-order valence-corrected chi connectivity index (χ3v) is 3.19. The van der Waals surface area contributed by atoms with E-state index in [1.165, 1.54) is 18.2 Å². The molecule has 2 N–H and O–H groups in total. The number of carbonyl (C=O) groups excluding carboxylic acids is 1. The molecule has 1 aromatic carbocycles. The lowest BCUT2D eigenvalue weighted by Gasteiger charge is -2.24. The van der Waals surface area contributed by atoms with Crippen LogP contribution in [0.3, 0.4) is 0 Å². The topological polar surface area (TPSA) is 41.1 Å². The third-order valence-electron chi connectivity index (χ3n) is 2.96. The van der Waals surface area contributed by atoms with Crippen LogP contribution in [-0.2, 0) is 0 Å². The SMILES string of the molecule is CC1(NC(=O)c2cc(Cl)ccc2F)CCNC1. The zero-order valence-corrected chi connectivity index (χ0v) is 10.3. The zero-order valence-electron chi connectivity index (χ0n) is 9.52. The monoisotopic (exact) mass is 256 g/mol. The van der Waals surface area contributed by atoms with E-state index in [-0.39, 0.29) is 11.1 Å². The Kier molecular flexibility index (Phi) is 3.35. The quantitative estimate of drug-likeness (QED) is 0.849. The van der Waals surface area contributed by atoms with Crippen LogP contribution < -0.4 is 10.6 Å². The Hall–Kier alpha value is -1.13. The van der Waals surface area contributed by atoms with Gasteiger partial charge in [-0.15, -0.1) is 0 Å². The van der Waals surface area contributed by atoms with Gasteiger partial charge in [0.25, 0.3) is 5.91 Å². The molecular formula is C12H14ClFN2O. The lowest BCUT2D eigenvalue weighted by molar-refractivity contribution is 0.0909. The van der Waals surface area contributed by atoms with Crippen molar-refractivity contribution in [3.05, 3.63) is 34.6 Å². The lowest BCUT2D eigenvalue weighted by atomic mass is 10.0. The Morgan fingerprint density at radius 1 is 1.59 bits per heavy atom. The van der Waals surface area contributed by atoms with Crippen molar-refractivity contribution in [1.29, 1.82) is 0 Å². The van der Waals surface area contributed by atoms with Gasteiger partial charge in [-0.25, -0.2) is 4.39 Å². The van der Waals surface area contributed by atoms with E-state index in [0.717, 1.165) is 13.0 Å². The van der Waals surface area contributed by atoms with Gasteiger partial charge in [0.15, 0.2) is 0 Å². The van der Waals surface area contributed by atoms with Gasteiger partial charge in [-0.2, -0.15) is 0 Å². The molecule has 1 heterocycles. The highest BCUT2D eigenvalue weighted by molar-refractivity contribution is 6.31. The summed E-state index contributed by atoms with van der Waals surface area (Å²) >= 11 is 5.75. The Morgan fingerprint density at radius 3 is 3.00 bits per heavy atom. The van der Waals surface area contributed by atoms with Crippen molar-refractivity contribution < 1.29 is 9.18 Å². The Balaban J connectivity index is 2.17. The van der Waals surface area contributed by atoms with Crippen LogP contribution in [0, 0.1) is 5.82 Å². The highest BCUT2D eigenvalue weighted by Gasteiger charge is 2.30. The molecule has 1 unspecified atom stereocenters. The lowest BCUT2D eigenvalue weighted by Crippen LogP contribution is -2.47. The van der Waals surface area contributed by atoms with Gasteiger partial charge in [0.1, 0.15) is 5.82 Å². The molecule has 1 atom stereocenters. The van der Waals surface area contributed by atoms with Crippen LogP contribution in [0.5, 0.6) is 0 Å². The first kappa shape index (κ1) is 12.3. The van der Waals surface area contributed by atoms with Crippen LogP contribution in [0.25, 0.3) is 0 Å².